The lowest BCUT2D eigenvalue weighted by Gasteiger charge is -2.04. The number of carbonyl (C=O) groups is 2. The van der Waals surface area contributed by atoms with Gasteiger partial charge >= 0.3 is 0 Å². The van der Waals surface area contributed by atoms with Crippen LogP contribution < -0.4 is 10.7 Å². The molecule has 3 aromatic carbocycles. The summed E-state index contributed by atoms with van der Waals surface area (Å²) in [5, 5.41) is 9.13. The smallest absolute Gasteiger partial charge is 0.271 e. The zero-order chi connectivity index (χ0) is 21.1. The maximum Gasteiger partial charge on any atom is 0.271 e. The summed E-state index contributed by atoms with van der Waals surface area (Å²) in [6.45, 7) is 4.47. The third-order valence-corrected chi connectivity index (χ3v) is 4.96. The highest BCUT2D eigenvalue weighted by Crippen LogP contribution is 2.29. The topological polar surface area (TPSA) is 75.5 Å². The number of aromatic nitrogens is 1. The van der Waals surface area contributed by atoms with Crippen LogP contribution in [0.15, 0.2) is 71.8 Å². The lowest BCUT2D eigenvalue weighted by atomic mass is 10.1. The highest BCUT2D eigenvalue weighted by atomic mass is 16.2. The number of anilines is 1. The molecule has 30 heavy (non-hydrogen) atoms. The Hall–Kier alpha value is -3.93. The van der Waals surface area contributed by atoms with Crippen LogP contribution in [0.3, 0.4) is 0 Å². The van der Waals surface area contributed by atoms with Gasteiger partial charge in [0.05, 0.1) is 6.21 Å². The van der Waals surface area contributed by atoms with E-state index >= 15 is 0 Å². The van der Waals surface area contributed by atoms with E-state index in [9.17, 15) is 9.59 Å². The van der Waals surface area contributed by atoms with E-state index in [1.165, 1.54) is 23.3 Å². The molecule has 0 radical (unpaired) electrons. The summed E-state index contributed by atoms with van der Waals surface area (Å²) >= 11 is 0. The number of hydrazone groups is 1. The van der Waals surface area contributed by atoms with Gasteiger partial charge in [-0.2, -0.15) is 5.10 Å². The number of rotatable bonds is 5. The Balaban J connectivity index is 1.52. The molecule has 6 nitrogen and oxygen atoms in total. The van der Waals surface area contributed by atoms with Crippen molar-refractivity contribution in [2.45, 2.75) is 20.4 Å². The average Bonchev–Trinajstić information content (AvgIpc) is 3.07. The lowest BCUT2D eigenvalue weighted by Crippen LogP contribution is -2.17. The van der Waals surface area contributed by atoms with Gasteiger partial charge in [-0.3, -0.25) is 9.59 Å². The predicted octanol–water partition coefficient (Wildman–Crippen LogP) is 4.54. The standard InChI is InChI=1S/C24H22N4O2/c1-3-28-22-7-5-4-6-20(22)21-14-17(8-13-23(21)28)15-25-27-24(30)18-9-11-19(12-10-18)26-16(2)29/h4-15H,3H2,1-2H3,(H,26,29)(H,27,30)/b25-15+. The molecule has 4 rings (SSSR count). The number of para-hydroxylation sites is 1. The van der Waals surface area contributed by atoms with Gasteiger partial charge in [0.2, 0.25) is 5.91 Å². The second-order valence-electron chi connectivity index (χ2n) is 7.00. The molecule has 0 unspecified atom stereocenters. The molecule has 0 aliphatic heterocycles. The number of nitrogens with zero attached hydrogens (tertiary/aromatic N) is 2. The maximum atomic E-state index is 12.3. The lowest BCUT2D eigenvalue weighted by molar-refractivity contribution is -0.114. The van der Waals surface area contributed by atoms with Crippen molar-refractivity contribution in [2.75, 3.05) is 5.32 Å². The van der Waals surface area contributed by atoms with Crippen molar-refractivity contribution in [3.63, 3.8) is 0 Å². The summed E-state index contributed by atoms with van der Waals surface area (Å²) in [6, 6.07) is 21.1. The molecule has 0 spiro atoms. The molecule has 0 bridgehead atoms. The van der Waals surface area contributed by atoms with Crippen LogP contribution in [0.5, 0.6) is 0 Å². The van der Waals surface area contributed by atoms with Crippen molar-refractivity contribution in [3.05, 3.63) is 77.9 Å². The van der Waals surface area contributed by atoms with E-state index in [-0.39, 0.29) is 11.8 Å². The van der Waals surface area contributed by atoms with Crippen molar-refractivity contribution in [3.8, 4) is 0 Å². The number of benzene rings is 3. The zero-order valence-corrected chi connectivity index (χ0v) is 16.8. The maximum absolute atomic E-state index is 12.3. The third-order valence-electron chi connectivity index (χ3n) is 4.96. The van der Waals surface area contributed by atoms with E-state index in [0.717, 1.165) is 17.5 Å². The van der Waals surface area contributed by atoms with Crippen molar-refractivity contribution in [2.24, 2.45) is 5.10 Å². The number of hydrogen-bond donors (Lipinski definition) is 2. The molecule has 0 saturated heterocycles. The minimum Gasteiger partial charge on any atom is -0.341 e. The molecular formula is C24H22N4O2. The Kier molecular flexibility index (Phi) is 5.30. The second kappa shape index (κ2) is 8.21. The normalized spacial score (nSPS) is 11.3. The second-order valence-corrected chi connectivity index (χ2v) is 7.00. The number of fused-ring (bicyclic) bond motifs is 3. The molecule has 0 atom stereocenters. The van der Waals surface area contributed by atoms with Gasteiger partial charge in [-0.1, -0.05) is 24.3 Å². The number of nitrogens with one attached hydrogen (secondary N) is 2. The minimum absolute atomic E-state index is 0.157. The molecule has 0 aliphatic carbocycles. The molecular weight excluding hydrogens is 376 g/mol. The summed E-state index contributed by atoms with van der Waals surface area (Å²) in [6.07, 6.45) is 1.64. The van der Waals surface area contributed by atoms with Crippen LogP contribution in [-0.2, 0) is 11.3 Å². The fraction of sp³-hybridized carbons (Fsp3) is 0.125. The van der Waals surface area contributed by atoms with E-state index in [2.05, 4.69) is 51.6 Å². The molecule has 1 aromatic heterocycles. The first-order valence-corrected chi connectivity index (χ1v) is 9.79. The van der Waals surface area contributed by atoms with E-state index in [1.807, 2.05) is 18.2 Å². The SMILES string of the molecule is CCn1c2ccccc2c2cc(/C=N/NC(=O)c3ccc(NC(C)=O)cc3)ccc21. The predicted molar refractivity (Wildman–Crippen MR) is 121 cm³/mol. The van der Waals surface area contributed by atoms with Gasteiger partial charge in [-0.25, -0.2) is 5.43 Å². The Bertz CT molecular complexity index is 1270. The molecule has 1 heterocycles. The molecule has 0 fully saturated rings. The quantitative estimate of drug-likeness (QED) is 0.383. The summed E-state index contributed by atoms with van der Waals surface area (Å²) in [5.41, 5.74) is 6.94. The van der Waals surface area contributed by atoms with Gasteiger partial charge in [0.1, 0.15) is 0 Å². The van der Waals surface area contributed by atoms with Crippen LogP contribution in [0.1, 0.15) is 29.8 Å². The van der Waals surface area contributed by atoms with Crippen molar-refractivity contribution >= 4 is 45.5 Å². The fourth-order valence-electron chi connectivity index (χ4n) is 3.63. The van der Waals surface area contributed by atoms with E-state index in [4.69, 9.17) is 0 Å². The highest BCUT2D eigenvalue weighted by Gasteiger charge is 2.09. The fourth-order valence-corrected chi connectivity index (χ4v) is 3.63. The average molecular weight is 398 g/mol. The molecule has 0 saturated carbocycles. The van der Waals surface area contributed by atoms with Gasteiger partial charge in [-0.05, 0) is 55.0 Å². The number of hydrogen-bond acceptors (Lipinski definition) is 3. The third kappa shape index (κ3) is 3.80. The molecule has 6 heteroatoms. The van der Waals surface area contributed by atoms with Gasteiger partial charge in [0.15, 0.2) is 0 Å². The number of carbonyl (C=O) groups excluding carboxylic acids is 2. The first kappa shape index (κ1) is 19.4. The number of amides is 2. The molecule has 2 amide bonds. The van der Waals surface area contributed by atoms with E-state index < -0.39 is 0 Å². The Labute approximate surface area is 174 Å². The summed E-state index contributed by atoms with van der Waals surface area (Å²) in [4.78, 5) is 23.4. The zero-order valence-electron chi connectivity index (χ0n) is 16.8. The Morgan fingerprint density at radius 2 is 1.70 bits per heavy atom. The van der Waals surface area contributed by atoms with Crippen LogP contribution in [0.4, 0.5) is 5.69 Å². The number of aryl methyl sites for hydroxylation is 1. The van der Waals surface area contributed by atoms with Crippen LogP contribution in [0.25, 0.3) is 21.8 Å². The largest absolute Gasteiger partial charge is 0.341 e. The van der Waals surface area contributed by atoms with E-state index in [1.54, 1.807) is 30.5 Å². The molecule has 2 N–H and O–H groups in total. The van der Waals surface area contributed by atoms with Crippen molar-refractivity contribution in [1.29, 1.82) is 0 Å². The van der Waals surface area contributed by atoms with Gasteiger partial charge in [-0.15, -0.1) is 0 Å². The van der Waals surface area contributed by atoms with Crippen LogP contribution in [0, 0.1) is 0 Å². The monoisotopic (exact) mass is 398 g/mol. The van der Waals surface area contributed by atoms with Gasteiger partial charge in [0.25, 0.3) is 5.91 Å². The minimum atomic E-state index is -0.315. The van der Waals surface area contributed by atoms with Crippen molar-refractivity contribution in [1.82, 2.24) is 9.99 Å². The van der Waals surface area contributed by atoms with Crippen molar-refractivity contribution < 1.29 is 9.59 Å². The van der Waals surface area contributed by atoms with Gasteiger partial charge in [0, 0.05) is 46.5 Å². The van der Waals surface area contributed by atoms with Crippen LogP contribution >= 0.6 is 0 Å². The summed E-state index contributed by atoms with van der Waals surface area (Å²) < 4.78 is 2.29. The molecule has 4 aromatic rings. The van der Waals surface area contributed by atoms with Crippen LogP contribution in [-0.4, -0.2) is 22.6 Å². The molecule has 150 valence electrons. The highest BCUT2D eigenvalue weighted by molar-refractivity contribution is 6.09. The first-order chi connectivity index (χ1) is 14.6. The van der Waals surface area contributed by atoms with Gasteiger partial charge < -0.3 is 9.88 Å². The molecule has 0 aliphatic rings. The Morgan fingerprint density at radius 3 is 2.43 bits per heavy atom. The van der Waals surface area contributed by atoms with Crippen LogP contribution in [0.2, 0.25) is 0 Å². The Morgan fingerprint density at radius 1 is 0.967 bits per heavy atom. The summed E-state index contributed by atoms with van der Waals surface area (Å²) in [7, 11) is 0. The first-order valence-electron chi connectivity index (χ1n) is 9.79. The van der Waals surface area contributed by atoms with E-state index in [0.29, 0.717) is 11.3 Å². The summed E-state index contributed by atoms with van der Waals surface area (Å²) in [5.74, 6) is -0.472.